The first kappa shape index (κ1) is 13.5. The fraction of sp³-hybridized carbons (Fsp3) is 0.125. The van der Waals surface area contributed by atoms with Crippen LogP contribution >= 0.6 is 0 Å². The van der Waals surface area contributed by atoms with E-state index >= 15 is 0 Å². The SMILES string of the molecule is COc1ccc(C#N)cc1COc1ccc(C#N)cc1. The van der Waals surface area contributed by atoms with Gasteiger partial charge in [0.2, 0.25) is 0 Å². The predicted molar refractivity (Wildman–Crippen MR) is 73.2 cm³/mol. The maximum absolute atomic E-state index is 8.91. The smallest absolute Gasteiger partial charge is 0.125 e. The number of rotatable bonds is 4. The van der Waals surface area contributed by atoms with Gasteiger partial charge in [0.1, 0.15) is 18.1 Å². The summed E-state index contributed by atoms with van der Waals surface area (Å²) in [5, 5.41) is 17.6. The third-order valence-electron chi connectivity index (χ3n) is 2.79. The second kappa shape index (κ2) is 6.26. The molecule has 20 heavy (non-hydrogen) atoms. The van der Waals surface area contributed by atoms with Crippen LogP contribution in [0.5, 0.6) is 11.5 Å². The Morgan fingerprint density at radius 1 is 0.950 bits per heavy atom. The monoisotopic (exact) mass is 264 g/mol. The van der Waals surface area contributed by atoms with E-state index in [1.165, 1.54) is 0 Å². The van der Waals surface area contributed by atoms with Crippen LogP contribution in [-0.4, -0.2) is 7.11 Å². The van der Waals surface area contributed by atoms with Crippen LogP contribution in [0.4, 0.5) is 0 Å². The van der Waals surface area contributed by atoms with E-state index in [0.717, 1.165) is 5.56 Å². The van der Waals surface area contributed by atoms with E-state index in [4.69, 9.17) is 20.0 Å². The quantitative estimate of drug-likeness (QED) is 0.851. The van der Waals surface area contributed by atoms with Crippen molar-refractivity contribution in [3.8, 4) is 23.6 Å². The predicted octanol–water partition coefficient (Wildman–Crippen LogP) is 3.02. The first-order chi connectivity index (χ1) is 9.76. The highest BCUT2D eigenvalue weighted by atomic mass is 16.5. The molecular formula is C16H12N2O2. The minimum Gasteiger partial charge on any atom is -0.496 e. The minimum atomic E-state index is 0.296. The van der Waals surface area contributed by atoms with Crippen molar-refractivity contribution in [3.05, 3.63) is 59.2 Å². The Kier molecular flexibility index (Phi) is 4.21. The van der Waals surface area contributed by atoms with E-state index < -0.39 is 0 Å². The molecule has 2 rings (SSSR count). The molecule has 0 saturated carbocycles. The molecule has 98 valence electrons. The van der Waals surface area contributed by atoms with E-state index in [1.54, 1.807) is 49.6 Å². The van der Waals surface area contributed by atoms with Crippen molar-refractivity contribution in [3.63, 3.8) is 0 Å². The minimum absolute atomic E-state index is 0.296. The van der Waals surface area contributed by atoms with Gasteiger partial charge in [0.05, 0.1) is 30.4 Å². The summed E-state index contributed by atoms with van der Waals surface area (Å²) in [4.78, 5) is 0. The molecule has 0 radical (unpaired) electrons. The van der Waals surface area contributed by atoms with Gasteiger partial charge in [-0.05, 0) is 42.5 Å². The van der Waals surface area contributed by atoms with Gasteiger partial charge in [-0.25, -0.2) is 0 Å². The molecule has 2 aromatic rings. The molecule has 4 nitrogen and oxygen atoms in total. The molecular weight excluding hydrogens is 252 g/mol. The van der Waals surface area contributed by atoms with Crippen molar-refractivity contribution >= 4 is 0 Å². The Labute approximate surface area is 117 Å². The van der Waals surface area contributed by atoms with Crippen molar-refractivity contribution in [2.75, 3.05) is 7.11 Å². The van der Waals surface area contributed by atoms with Crippen LogP contribution in [-0.2, 0) is 6.61 Å². The molecule has 0 saturated heterocycles. The van der Waals surface area contributed by atoms with Gasteiger partial charge >= 0.3 is 0 Å². The van der Waals surface area contributed by atoms with Gasteiger partial charge in [-0.3, -0.25) is 0 Å². The Bertz CT molecular complexity index is 679. The van der Waals surface area contributed by atoms with E-state index in [0.29, 0.717) is 29.2 Å². The number of hydrogen-bond donors (Lipinski definition) is 0. The van der Waals surface area contributed by atoms with E-state index in [1.807, 2.05) is 6.07 Å². The lowest BCUT2D eigenvalue weighted by atomic mass is 10.1. The molecule has 0 amide bonds. The molecule has 0 aliphatic rings. The van der Waals surface area contributed by atoms with Gasteiger partial charge in [0.25, 0.3) is 0 Å². The molecule has 0 unspecified atom stereocenters. The van der Waals surface area contributed by atoms with Crippen LogP contribution < -0.4 is 9.47 Å². The fourth-order valence-electron chi connectivity index (χ4n) is 1.75. The van der Waals surface area contributed by atoms with Gasteiger partial charge in [-0.1, -0.05) is 0 Å². The average molecular weight is 264 g/mol. The first-order valence-electron chi connectivity index (χ1n) is 5.97. The number of nitrogens with zero attached hydrogens (tertiary/aromatic N) is 2. The van der Waals surface area contributed by atoms with Crippen LogP contribution in [0, 0.1) is 22.7 Å². The molecule has 4 heteroatoms. The zero-order valence-electron chi connectivity index (χ0n) is 11.0. The molecule has 0 bridgehead atoms. The highest BCUT2D eigenvalue weighted by Crippen LogP contribution is 2.22. The lowest BCUT2D eigenvalue weighted by Crippen LogP contribution is -1.99. The highest BCUT2D eigenvalue weighted by Gasteiger charge is 2.05. The molecule has 0 N–H and O–H groups in total. The molecule has 2 aromatic carbocycles. The standard InChI is InChI=1S/C16H12N2O2/c1-19-16-7-4-13(10-18)8-14(16)11-20-15-5-2-12(9-17)3-6-15/h2-8H,11H2,1H3. The Morgan fingerprint density at radius 2 is 1.60 bits per heavy atom. The largest absolute Gasteiger partial charge is 0.496 e. The topological polar surface area (TPSA) is 66.0 Å². The third-order valence-corrected chi connectivity index (χ3v) is 2.79. The van der Waals surface area contributed by atoms with Gasteiger partial charge in [0, 0.05) is 5.56 Å². The van der Waals surface area contributed by atoms with Crippen LogP contribution in [0.15, 0.2) is 42.5 Å². The van der Waals surface area contributed by atoms with Crippen molar-refractivity contribution in [1.29, 1.82) is 10.5 Å². The lowest BCUT2D eigenvalue weighted by Gasteiger charge is -2.10. The van der Waals surface area contributed by atoms with Gasteiger partial charge in [0.15, 0.2) is 0 Å². The van der Waals surface area contributed by atoms with E-state index in [9.17, 15) is 0 Å². The second-order valence-electron chi connectivity index (χ2n) is 4.06. The molecule has 0 heterocycles. The summed E-state index contributed by atoms with van der Waals surface area (Å²) >= 11 is 0. The van der Waals surface area contributed by atoms with Crippen molar-refractivity contribution in [2.45, 2.75) is 6.61 Å². The van der Waals surface area contributed by atoms with Crippen LogP contribution in [0.1, 0.15) is 16.7 Å². The molecule has 0 aliphatic heterocycles. The summed E-state index contributed by atoms with van der Waals surface area (Å²) in [5.41, 5.74) is 1.95. The molecule has 0 fully saturated rings. The summed E-state index contributed by atoms with van der Waals surface area (Å²) in [6.07, 6.45) is 0. The van der Waals surface area contributed by atoms with Crippen LogP contribution in [0.3, 0.4) is 0 Å². The van der Waals surface area contributed by atoms with Crippen molar-refractivity contribution in [2.24, 2.45) is 0 Å². The lowest BCUT2D eigenvalue weighted by molar-refractivity contribution is 0.296. The van der Waals surface area contributed by atoms with Gasteiger partial charge < -0.3 is 9.47 Å². The average Bonchev–Trinajstić information content (AvgIpc) is 2.53. The number of methoxy groups -OCH3 is 1. The second-order valence-corrected chi connectivity index (χ2v) is 4.06. The molecule has 0 aliphatic carbocycles. The molecule has 0 spiro atoms. The Morgan fingerprint density at radius 3 is 2.20 bits per heavy atom. The van der Waals surface area contributed by atoms with Gasteiger partial charge in [-0.2, -0.15) is 10.5 Å². The molecule has 0 atom stereocenters. The van der Waals surface area contributed by atoms with E-state index in [-0.39, 0.29) is 0 Å². The number of nitriles is 2. The zero-order valence-corrected chi connectivity index (χ0v) is 11.0. The number of hydrogen-bond acceptors (Lipinski definition) is 4. The summed E-state index contributed by atoms with van der Waals surface area (Å²) in [7, 11) is 1.58. The summed E-state index contributed by atoms with van der Waals surface area (Å²) in [6, 6.07) is 16.2. The van der Waals surface area contributed by atoms with Crippen molar-refractivity contribution in [1.82, 2.24) is 0 Å². The highest BCUT2D eigenvalue weighted by molar-refractivity contribution is 5.42. The zero-order chi connectivity index (χ0) is 14.4. The van der Waals surface area contributed by atoms with Crippen molar-refractivity contribution < 1.29 is 9.47 Å². The number of ether oxygens (including phenoxy) is 2. The van der Waals surface area contributed by atoms with Crippen LogP contribution in [0.25, 0.3) is 0 Å². The normalized spacial score (nSPS) is 9.35. The van der Waals surface area contributed by atoms with Gasteiger partial charge in [-0.15, -0.1) is 0 Å². The Hall–Kier alpha value is -2.98. The number of benzene rings is 2. The summed E-state index contributed by atoms with van der Waals surface area (Å²) in [5.74, 6) is 1.34. The maximum Gasteiger partial charge on any atom is 0.125 e. The third kappa shape index (κ3) is 3.07. The summed E-state index contributed by atoms with van der Waals surface area (Å²) in [6.45, 7) is 0.296. The van der Waals surface area contributed by atoms with Crippen LogP contribution in [0.2, 0.25) is 0 Å². The fourth-order valence-corrected chi connectivity index (χ4v) is 1.75. The first-order valence-corrected chi connectivity index (χ1v) is 5.97. The van der Waals surface area contributed by atoms with E-state index in [2.05, 4.69) is 6.07 Å². The molecule has 0 aromatic heterocycles. The summed E-state index contributed by atoms with van der Waals surface area (Å²) < 4.78 is 10.9. The maximum atomic E-state index is 8.91. The Balaban J connectivity index is 2.13.